The van der Waals surface area contributed by atoms with Crippen molar-refractivity contribution in [2.75, 3.05) is 20.3 Å². The molecule has 5 nitrogen and oxygen atoms in total. The lowest BCUT2D eigenvalue weighted by molar-refractivity contribution is -0.127. The van der Waals surface area contributed by atoms with Crippen LogP contribution in [-0.2, 0) is 11.2 Å². The SMILES string of the molecule is CCCOc1ccccc1CCCNC(=O)C(C)Oc1cccc(OC)c1. The first-order valence-corrected chi connectivity index (χ1v) is 9.43. The summed E-state index contributed by atoms with van der Waals surface area (Å²) in [7, 11) is 1.60. The number of rotatable bonds is 11. The van der Waals surface area contributed by atoms with Crippen molar-refractivity contribution in [1.29, 1.82) is 0 Å². The van der Waals surface area contributed by atoms with E-state index in [0.29, 0.717) is 24.7 Å². The van der Waals surface area contributed by atoms with Crippen molar-refractivity contribution in [1.82, 2.24) is 5.32 Å². The molecule has 27 heavy (non-hydrogen) atoms. The second kappa shape index (κ2) is 11.1. The molecule has 0 radical (unpaired) electrons. The van der Waals surface area contributed by atoms with Gasteiger partial charge in [-0.15, -0.1) is 0 Å². The van der Waals surface area contributed by atoms with Gasteiger partial charge in [0.15, 0.2) is 6.10 Å². The quantitative estimate of drug-likeness (QED) is 0.607. The summed E-state index contributed by atoms with van der Waals surface area (Å²) in [6, 6.07) is 15.3. The Bertz CT molecular complexity index is 717. The Morgan fingerprint density at radius 1 is 1.11 bits per heavy atom. The van der Waals surface area contributed by atoms with E-state index in [1.165, 1.54) is 5.56 Å². The Morgan fingerprint density at radius 2 is 1.89 bits per heavy atom. The first-order chi connectivity index (χ1) is 13.1. The van der Waals surface area contributed by atoms with E-state index >= 15 is 0 Å². The molecule has 2 rings (SSSR count). The summed E-state index contributed by atoms with van der Waals surface area (Å²) < 4.78 is 16.6. The molecule has 0 aromatic heterocycles. The first kappa shape index (κ1) is 20.6. The van der Waals surface area contributed by atoms with Crippen LogP contribution in [0.15, 0.2) is 48.5 Å². The molecule has 146 valence electrons. The van der Waals surface area contributed by atoms with Gasteiger partial charge < -0.3 is 19.5 Å². The predicted molar refractivity (Wildman–Crippen MR) is 107 cm³/mol. The third-order valence-corrected chi connectivity index (χ3v) is 4.08. The minimum Gasteiger partial charge on any atom is -0.497 e. The zero-order valence-electron chi connectivity index (χ0n) is 16.4. The number of hydrogen-bond donors (Lipinski definition) is 1. The smallest absolute Gasteiger partial charge is 0.260 e. The molecule has 1 atom stereocenters. The van der Waals surface area contributed by atoms with Gasteiger partial charge in [-0.1, -0.05) is 31.2 Å². The van der Waals surface area contributed by atoms with E-state index in [1.54, 1.807) is 26.2 Å². The molecule has 0 saturated carbocycles. The van der Waals surface area contributed by atoms with E-state index < -0.39 is 6.10 Å². The summed E-state index contributed by atoms with van der Waals surface area (Å²) in [6.45, 7) is 5.13. The van der Waals surface area contributed by atoms with E-state index in [4.69, 9.17) is 14.2 Å². The molecule has 5 heteroatoms. The molecule has 0 fully saturated rings. The van der Waals surface area contributed by atoms with Crippen LogP contribution in [-0.4, -0.2) is 32.3 Å². The molecular formula is C22H29NO4. The van der Waals surface area contributed by atoms with Crippen LogP contribution in [0.5, 0.6) is 17.2 Å². The van der Waals surface area contributed by atoms with Gasteiger partial charge in [0.1, 0.15) is 17.2 Å². The highest BCUT2D eigenvalue weighted by Crippen LogP contribution is 2.21. The molecule has 0 spiro atoms. The van der Waals surface area contributed by atoms with Gasteiger partial charge in [0.25, 0.3) is 5.91 Å². The Kier molecular flexibility index (Phi) is 8.49. The molecule has 1 amide bonds. The lowest BCUT2D eigenvalue weighted by Crippen LogP contribution is -2.36. The van der Waals surface area contributed by atoms with Gasteiger partial charge in [0.2, 0.25) is 0 Å². The molecule has 1 N–H and O–H groups in total. The Balaban J connectivity index is 1.75. The van der Waals surface area contributed by atoms with Gasteiger partial charge in [-0.3, -0.25) is 4.79 Å². The largest absolute Gasteiger partial charge is 0.497 e. The summed E-state index contributed by atoms with van der Waals surface area (Å²) in [6.07, 6.45) is 2.10. The lowest BCUT2D eigenvalue weighted by atomic mass is 10.1. The fourth-order valence-corrected chi connectivity index (χ4v) is 2.63. The number of para-hydroxylation sites is 1. The number of nitrogens with one attached hydrogen (secondary N) is 1. The van der Waals surface area contributed by atoms with Crippen LogP contribution in [0.2, 0.25) is 0 Å². The number of carbonyl (C=O) groups is 1. The van der Waals surface area contributed by atoms with Crippen molar-refractivity contribution in [2.45, 2.75) is 39.2 Å². The normalized spacial score (nSPS) is 11.5. The number of aryl methyl sites for hydroxylation is 1. The summed E-state index contributed by atoms with van der Waals surface area (Å²) >= 11 is 0. The molecule has 0 aliphatic heterocycles. The third kappa shape index (κ3) is 6.85. The number of ether oxygens (including phenoxy) is 3. The standard InChI is InChI=1S/C22H29NO4/c1-4-15-26-21-13-6-5-9-18(21)10-8-14-23-22(24)17(2)27-20-12-7-11-19(16-20)25-3/h5-7,9,11-13,16-17H,4,8,10,14-15H2,1-3H3,(H,23,24). The van der Waals surface area contributed by atoms with Crippen LogP contribution >= 0.6 is 0 Å². The fourth-order valence-electron chi connectivity index (χ4n) is 2.63. The Labute approximate surface area is 161 Å². The second-order valence-electron chi connectivity index (χ2n) is 6.29. The van der Waals surface area contributed by atoms with Gasteiger partial charge in [-0.2, -0.15) is 0 Å². The lowest BCUT2D eigenvalue weighted by Gasteiger charge is -2.15. The van der Waals surface area contributed by atoms with E-state index in [0.717, 1.165) is 25.0 Å². The molecule has 0 saturated heterocycles. The maximum Gasteiger partial charge on any atom is 0.260 e. The highest BCUT2D eigenvalue weighted by atomic mass is 16.5. The minimum atomic E-state index is -0.572. The minimum absolute atomic E-state index is 0.131. The Hall–Kier alpha value is -2.69. The van der Waals surface area contributed by atoms with Crippen molar-refractivity contribution in [3.8, 4) is 17.2 Å². The monoisotopic (exact) mass is 371 g/mol. The molecule has 2 aromatic rings. The van der Waals surface area contributed by atoms with E-state index in [9.17, 15) is 4.79 Å². The summed E-state index contributed by atoms with van der Waals surface area (Å²) in [5.41, 5.74) is 1.17. The van der Waals surface area contributed by atoms with Gasteiger partial charge >= 0.3 is 0 Å². The van der Waals surface area contributed by atoms with Gasteiger partial charge in [-0.05, 0) is 49.9 Å². The maximum atomic E-state index is 12.2. The second-order valence-corrected chi connectivity index (χ2v) is 6.29. The highest BCUT2D eigenvalue weighted by Gasteiger charge is 2.14. The zero-order chi connectivity index (χ0) is 19.5. The van der Waals surface area contributed by atoms with Gasteiger partial charge in [-0.25, -0.2) is 0 Å². The average Bonchev–Trinajstić information content (AvgIpc) is 2.70. The number of amides is 1. The van der Waals surface area contributed by atoms with Crippen molar-refractivity contribution in [3.05, 3.63) is 54.1 Å². The van der Waals surface area contributed by atoms with Crippen LogP contribution in [0.3, 0.4) is 0 Å². The number of methoxy groups -OCH3 is 1. The van der Waals surface area contributed by atoms with Crippen LogP contribution in [0.4, 0.5) is 0 Å². The van der Waals surface area contributed by atoms with E-state index in [2.05, 4.69) is 18.3 Å². The zero-order valence-corrected chi connectivity index (χ0v) is 16.4. The molecule has 0 aliphatic carbocycles. The first-order valence-electron chi connectivity index (χ1n) is 9.43. The molecule has 1 unspecified atom stereocenters. The number of benzene rings is 2. The summed E-state index contributed by atoms with van der Waals surface area (Å²) in [5, 5.41) is 2.93. The third-order valence-electron chi connectivity index (χ3n) is 4.08. The van der Waals surface area contributed by atoms with Crippen molar-refractivity contribution < 1.29 is 19.0 Å². The van der Waals surface area contributed by atoms with Crippen LogP contribution in [0.25, 0.3) is 0 Å². The van der Waals surface area contributed by atoms with Crippen LogP contribution in [0, 0.1) is 0 Å². The van der Waals surface area contributed by atoms with E-state index in [1.807, 2.05) is 30.3 Å². The topological polar surface area (TPSA) is 56.8 Å². The van der Waals surface area contributed by atoms with Gasteiger partial charge in [0, 0.05) is 12.6 Å². The van der Waals surface area contributed by atoms with E-state index in [-0.39, 0.29) is 5.91 Å². The highest BCUT2D eigenvalue weighted by molar-refractivity contribution is 5.80. The molecule has 0 heterocycles. The number of hydrogen-bond acceptors (Lipinski definition) is 4. The Morgan fingerprint density at radius 3 is 2.67 bits per heavy atom. The summed E-state index contributed by atoms with van der Waals surface area (Å²) in [5.74, 6) is 2.11. The van der Waals surface area contributed by atoms with Crippen molar-refractivity contribution >= 4 is 5.91 Å². The molecular weight excluding hydrogens is 342 g/mol. The average molecular weight is 371 g/mol. The predicted octanol–water partition coefficient (Wildman–Crippen LogP) is 4.00. The molecule has 0 bridgehead atoms. The van der Waals surface area contributed by atoms with Crippen molar-refractivity contribution in [2.24, 2.45) is 0 Å². The van der Waals surface area contributed by atoms with Crippen LogP contribution < -0.4 is 19.5 Å². The summed E-state index contributed by atoms with van der Waals surface area (Å²) in [4.78, 5) is 12.2. The molecule has 2 aromatic carbocycles. The fraction of sp³-hybridized carbons (Fsp3) is 0.409. The maximum absolute atomic E-state index is 12.2. The number of carbonyl (C=O) groups excluding carboxylic acids is 1. The van der Waals surface area contributed by atoms with Gasteiger partial charge in [0.05, 0.1) is 13.7 Å². The van der Waals surface area contributed by atoms with Crippen molar-refractivity contribution in [3.63, 3.8) is 0 Å². The molecule has 0 aliphatic rings. The van der Waals surface area contributed by atoms with Crippen LogP contribution in [0.1, 0.15) is 32.3 Å².